The van der Waals surface area contributed by atoms with E-state index in [0.29, 0.717) is 24.7 Å². The summed E-state index contributed by atoms with van der Waals surface area (Å²) >= 11 is 5.82. The Balaban J connectivity index is 2.01. The van der Waals surface area contributed by atoms with Gasteiger partial charge in [0.05, 0.1) is 17.8 Å². The molecule has 1 heterocycles. The number of hydrogen-bond acceptors (Lipinski definition) is 4. The third kappa shape index (κ3) is 4.11. The third-order valence-electron chi connectivity index (χ3n) is 3.34. The zero-order valence-electron chi connectivity index (χ0n) is 12.6. The van der Waals surface area contributed by atoms with E-state index in [1.54, 1.807) is 11.0 Å². The van der Waals surface area contributed by atoms with Crippen molar-refractivity contribution < 1.29 is 19.1 Å². The molecule has 0 spiro atoms. The highest BCUT2D eigenvalue weighted by Crippen LogP contribution is 2.23. The smallest absolute Gasteiger partial charge is 0.260 e. The molecule has 0 atom stereocenters. The summed E-state index contributed by atoms with van der Waals surface area (Å²) in [5, 5.41) is 0.377. The molecule has 0 radical (unpaired) electrons. The van der Waals surface area contributed by atoms with E-state index in [9.17, 15) is 9.59 Å². The van der Waals surface area contributed by atoms with Crippen LogP contribution < -0.4 is 10.5 Å². The molecule has 22 heavy (non-hydrogen) atoms. The Morgan fingerprint density at radius 3 is 2.82 bits per heavy atom. The van der Waals surface area contributed by atoms with Gasteiger partial charge in [0, 0.05) is 18.1 Å². The average molecular weight is 327 g/mol. The standard InChI is InChI=1S/C15H19ClN2O4/c1-15(2)9-18(5-6-22-15)13(19)8-21-12-4-3-10(16)7-11(12)14(17)20/h3-4,7H,5-6,8-9H2,1-2H3,(H2,17,20). The molecule has 6 nitrogen and oxygen atoms in total. The zero-order chi connectivity index (χ0) is 16.3. The lowest BCUT2D eigenvalue weighted by Gasteiger charge is -2.38. The lowest BCUT2D eigenvalue weighted by molar-refractivity contribution is -0.147. The largest absolute Gasteiger partial charge is 0.483 e. The minimum Gasteiger partial charge on any atom is -0.483 e. The lowest BCUT2D eigenvalue weighted by atomic mass is 10.1. The molecular weight excluding hydrogens is 308 g/mol. The summed E-state index contributed by atoms with van der Waals surface area (Å²) in [7, 11) is 0. The van der Waals surface area contributed by atoms with Crippen LogP contribution in [0.25, 0.3) is 0 Å². The number of ether oxygens (including phenoxy) is 2. The van der Waals surface area contributed by atoms with Crippen LogP contribution in [0.3, 0.4) is 0 Å². The van der Waals surface area contributed by atoms with Crippen molar-refractivity contribution >= 4 is 23.4 Å². The molecule has 1 aliphatic heterocycles. The molecule has 2 N–H and O–H groups in total. The number of morpholine rings is 1. The number of hydrogen-bond donors (Lipinski definition) is 1. The van der Waals surface area contributed by atoms with Gasteiger partial charge < -0.3 is 20.1 Å². The summed E-state index contributed by atoms with van der Waals surface area (Å²) in [4.78, 5) is 25.3. The van der Waals surface area contributed by atoms with Crippen LogP contribution in [0.5, 0.6) is 5.75 Å². The fourth-order valence-corrected chi connectivity index (χ4v) is 2.45. The third-order valence-corrected chi connectivity index (χ3v) is 3.57. The van der Waals surface area contributed by atoms with Gasteiger partial charge in [0.2, 0.25) is 0 Å². The van der Waals surface area contributed by atoms with Gasteiger partial charge in [-0.2, -0.15) is 0 Å². The highest BCUT2D eigenvalue weighted by molar-refractivity contribution is 6.31. The van der Waals surface area contributed by atoms with Gasteiger partial charge in [-0.15, -0.1) is 0 Å². The maximum atomic E-state index is 12.2. The van der Waals surface area contributed by atoms with Crippen molar-refractivity contribution in [2.45, 2.75) is 19.4 Å². The number of nitrogens with zero attached hydrogens (tertiary/aromatic N) is 1. The second kappa shape index (κ2) is 6.54. The minimum atomic E-state index is -0.655. The maximum absolute atomic E-state index is 12.2. The first-order valence-corrected chi connectivity index (χ1v) is 7.30. The molecule has 0 bridgehead atoms. The van der Waals surface area contributed by atoms with E-state index in [2.05, 4.69) is 0 Å². The van der Waals surface area contributed by atoms with E-state index >= 15 is 0 Å². The average Bonchev–Trinajstić information content (AvgIpc) is 2.44. The first kappa shape index (κ1) is 16.6. The first-order valence-electron chi connectivity index (χ1n) is 6.92. The van der Waals surface area contributed by atoms with Crippen molar-refractivity contribution in [1.29, 1.82) is 0 Å². The molecule has 1 saturated heterocycles. The molecule has 2 amide bonds. The normalized spacial score (nSPS) is 17.1. The van der Waals surface area contributed by atoms with Crippen molar-refractivity contribution in [1.82, 2.24) is 4.90 Å². The lowest BCUT2D eigenvalue weighted by Crippen LogP contribution is -2.51. The molecule has 2 rings (SSSR count). The van der Waals surface area contributed by atoms with Gasteiger partial charge in [0.1, 0.15) is 5.75 Å². The van der Waals surface area contributed by atoms with Gasteiger partial charge in [-0.25, -0.2) is 0 Å². The van der Waals surface area contributed by atoms with Gasteiger partial charge in [0.25, 0.3) is 11.8 Å². The predicted octanol–water partition coefficient (Wildman–Crippen LogP) is 1.46. The van der Waals surface area contributed by atoms with Crippen LogP contribution in [0.15, 0.2) is 18.2 Å². The summed E-state index contributed by atoms with van der Waals surface area (Å²) in [6.45, 7) is 5.20. The summed E-state index contributed by atoms with van der Waals surface area (Å²) in [6.07, 6.45) is 0. The number of benzene rings is 1. The summed E-state index contributed by atoms with van der Waals surface area (Å²) in [6, 6.07) is 4.52. The van der Waals surface area contributed by atoms with E-state index in [-0.39, 0.29) is 29.4 Å². The Bertz CT molecular complexity index is 589. The SMILES string of the molecule is CC1(C)CN(C(=O)COc2ccc(Cl)cc2C(N)=O)CCO1. The zero-order valence-corrected chi connectivity index (χ0v) is 13.4. The van der Waals surface area contributed by atoms with E-state index < -0.39 is 5.91 Å². The molecule has 120 valence electrons. The Hall–Kier alpha value is -1.79. The van der Waals surface area contributed by atoms with E-state index in [1.807, 2.05) is 13.8 Å². The number of rotatable bonds is 4. The van der Waals surface area contributed by atoms with Crippen molar-refractivity contribution in [3.8, 4) is 5.75 Å². The second-order valence-electron chi connectivity index (χ2n) is 5.72. The van der Waals surface area contributed by atoms with Gasteiger partial charge in [0.15, 0.2) is 6.61 Å². The Labute approximate surface area is 134 Å². The molecule has 1 fully saturated rings. The van der Waals surface area contributed by atoms with Crippen LogP contribution in [0.2, 0.25) is 5.02 Å². The maximum Gasteiger partial charge on any atom is 0.260 e. The number of carbonyl (C=O) groups excluding carboxylic acids is 2. The van der Waals surface area contributed by atoms with Crippen molar-refractivity contribution in [3.05, 3.63) is 28.8 Å². The van der Waals surface area contributed by atoms with E-state index in [1.165, 1.54) is 12.1 Å². The van der Waals surface area contributed by atoms with Gasteiger partial charge in [-0.1, -0.05) is 11.6 Å². The molecule has 0 aliphatic carbocycles. The van der Waals surface area contributed by atoms with Crippen LogP contribution in [-0.4, -0.2) is 48.6 Å². The van der Waals surface area contributed by atoms with Gasteiger partial charge >= 0.3 is 0 Å². The molecule has 0 aromatic heterocycles. The summed E-state index contributed by atoms with van der Waals surface area (Å²) < 4.78 is 11.0. The predicted molar refractivity (Wildman–Crippen MR) is 82.1 cm³/mol. The Kier molecular flexibility index (Phi) is 4.93. The number of halogens is 1. The number of nitrogens with two attached hydrogens (primary N) is 1. The van der Waals surface area contributed by atoms with Crippen LogP contribution in [0, 0.1) is 0 Å². The molecule has 0 unspecified atom stereocenters. The topological polar surface area (TPSA) is 81.9 Å². The van der Waals surface area contributed by atoms with Crippen molar-refractivity contribution in [2.24, 2.45) is 5.73 Å². The highest BCUT2D eigenvalue weighted by atomic mass is 35.5. The van der Waals surface area contributed by atoms with Crippen LogP contribution in [-0.2, 0) is 9.53 Å². The number of amides is 2. The molecule has 1 aromatic carbocycles. The first-order chi connectivity index (χ1) is 10.3. The minimum absolute atomic E-state index is 0.155. The fourth-order valence-electron chi connectivity index (χ4n) is 2.28. The number of primary amides is 1. The van der Waals surface area contributed by atoms with Crippen LogP contribution in [0.1, 0.15) is 24.2 Å². The van der Waals surface area contributed by atoms with Gasteiger partial charge in [-0.3, -0.25) is 9.59 Å². The quantitative estimate of drug-likeness (QED) is 0.908. The van der Waals surface area contributed by atoms with E-state index in [0.717, 1.165) is 0 Å². The Morgan fingerprint density at radius 2 is 2.18 bits per heavy atom. The molecular formula is C15H19ClN2O4. The molecule has 1 aromatic rings. The summed E-state index contributed by atoms with van der Waals surface area (Å²) in [5.74, 6) is -0.572. The number of carbonyl (C=O) groups is 2. The van der Waals surface area contributed by atoms with E-state index in [4.69, 9.17) is 26.8 Å². The Morgan fingerprint density at radius 1 is 1.45 bits per heavy atom. The fraction of sp³-hybridized carbons (Fsp3) is 0.467. The highest BCUT2D eigenvalue weighted by Gasteiger charge is 2.30. The monoisotopic (exact) mass is 326 g/mol. The van der Waals surface area contributed by atoms with Gasteiger partial charge in [-0.05, 0) is 32.0 Å². The van der Waals surface area contributed by atoms with Crippen molar-refractivity contribution in [3.63, 3.8) is 0 Å². The molecule has 1 aliphatic rings. The molecule has 7 heteroatoms. The summed E-state index contributed by atoms with van der Waals surface area (Å²) in [5.41, 5.74) is 5.07. The second-order valence-corrected chi connectivity index (χ2v) is 6.15. The molecule has 0 saturated carbocycles. The van der Waals surface area contributed by atoms with Crippen LogP contribution in [0.4, 0.5) is 0 Å². The van der Waals surface area contributed by atoms with Crippen molar-refractivity contribution in [2.75, 3.05) is 26.3 Å². The van der Waals surface area contributed by atoms with Crippen LogP contribution >= 0.6 is 11.6 Å².